The van der Waals surface area contributed by atoms with Crippen molar-refractivity contribution < 1.29 is 19.4 Å². The number of hydrogen-bond acceptors (Lipinski definition) is 5. The predicted octanol–water partition coefficient (Wildman–Crippen LogP) is -0.0727. The van der Waals surface area contributed by atoms with Gasteiger partial charge in [0.25, 0.3) is 0 Å². The van der Waals surface area contributed by atoms with Crippen LogP contribution in [0.25, 0.3) is 0 Å². The Bertz CT molecular complexity index is 297. The molecule has 19 heavy (non-hydrogen) atoms. The van der Waals surface area contributed by atoms with E-state index in [1.54, 1.807) is 14.2 Å². The number of hydrogen-bond donors (Lipinski definition) is 2. The molecule has 0 bridgehead atoms. The van der Waals surface area contributed by atoms with Gasteiger partial charge in [0.1, 0.15) is 6.04 Å². The third-order valence-electron chi connectivity index (χ3n) is 3.94. The Kier molecular flexibility index (Phi) is 5.15. The van der Waals surface area contributed by atoms with Crippen LogP contribution in [0, 0.1) is 0 Å². The molecular weight excluding hydrogens is 248 g/mol. The maximum atomic E-state index is 11.2. The summed E-state index contributed by atoms with van der Waals surface area (Å²) in [6.07, 6.45) is 3.00. The Morgan fingerprint density at radius 2 is 1.89 bits per heavy atom. The van der Waals surface area contributed by atoms with Crippen LogP contribution < -0.4 is 5.32 Å². The molecule has 2 rings (SSSR count). The first kappa shape index (κ1) is 14.7. The molecule has 1 saturated carbocycles. The van der Waals surface area contributed by atoms with Crippen LogP contribution in [-0.4, -0.2) is 74.1 Å². The molecule has 1 heterocycles. The van der Waals surface area contributed by atoms with Gasteiger partial charge in [0, 0.05) is 39.9 Å². The number of carbonyl (C=O) groups is 1. The second-order valence-corrected chi connectivity index (χ2v) is 5.43. The molecule has 3 unspecified atom stereocenters. The lowest BCUT2D eigenvalue weighted by Crippen LogP contribution is -2.41. The van der Waals surface area contributed by atoms with Gasteiger partial charge >= 0.3 is 5.97 Å². The average Bonchev–Trinajstić information content (AvgIpc) is 3.12. The summed E-state index contributed by atoms with van der Waals surface area (Å²) >= 11 is 0. The molecule has 1 aliphatic heterocycles. The van der Waals surface area contributed by atoms with Crippen molar-refractivity contribution in [2.45, 2.75) is 43.6 Å². The van der Waals surface area contributed by atoms with Crippen LogP contribution in [0.1, 0.15) is 19.3 Å². The lowest BCUT2D eigenvalue weighted by Gasteiger charge is -2.19. The van der Waals surface area contributed by atoms with Gasteiger partial charge in [-0.2, -0.15) is 0 Å². The first-order valence-corrected chi connectivity index (χ1v) is 6.90. The van der Waals surface area contributed by atoms with Gasteiger partial charge in [-0.15, -0.1) is 0 Å². The molecular formula is C13H24N2O4. The van der Waals surface area contributed by atoms with Crippen molar-refractivity contribution in [3.63, 3.8) is 0 Å². The minimum atomic E-state index is -0.752. The number of carboxylic acid groups (broad SMARTS) is 1. The van der Waals surface area contributed by atoms with E-state index in [9.17, 15) is 9.90 Å². The van der Waals surface area contributed by atoms with Gasteiger partial charge in [-0.3, -0.25) is 9.69 Å². The number of aliphatic carboxylic acids is 1. The molecule has 110 valence electrons. The number of nitrogens with zero attached hydrogens (tertiary/aromatic N) is 1. The van der Waals surface area contributed by atoms with E-state index in [0.29, 0.717) is 12.5 Å². The zero-order chi connectivity index (χ0) is 13.8. The summed E-state index contributed by atoms with van der Waals surface area (Å²) in [5.74, 6) is -0.752. The minimum absolute atomic E-state index is 0.0877. The molecule has 1 saturated heterocycles. The third kappa shape index (κ3) is 4.14. The molecule has 0 radical (unpaired) electrons. The second kappa shape index (κ2) is 6.65. The Morgan fingerprint density at radius 1 is 1.32 bits per heavy atom. The Balaban J connectivity index is 1.75. The van der Waals surface area contributed by atoms with E-state index in [-0.39, 0.29) is 12.2 Å². The number of rotatable bonds is 8. The monoisotopic (exact) mass is 272 g/mol. The molecule has 2 aliphatic rings. The van der Waals surface area contributed by atoms with Gasteiger partial charge in [-0.25, -0.2) is 0 Å². The van der Waals surface area contributed by atoms with Crippen LogP contribution in [0.5, 0.6) is 0 Å². The average molecular weight is 272 g/mol. The molecule has 6 nitrogen and oxygen atoms in total. The Labute approximate surface area is 114 Å². The molecule has 6 heteroatoms. The standard InChI is InChI=1S/C13H24N2O4/c1-18-11-7-15(8-12(11)19-2)6-5-10(13(16)17)14-9-3-4-9/h9-12,14H,3-8H2,1-2H3,(H,16,17). The van der Waals surface area contributed by atoms with E-state index in [2.05, 4.69) is 10.2 Å². The molecule has 0 aromatic rings. The topological polar surface area (TPSA) is 71.0 Å². The van der Waals surface area contributed by atoms with E-state index < -0.39 is 12.0 Å². The third-order valence-corrected chi connectivity index (χ3v) is 3.94. The van der Waals surface area contributed by atoms with Crippen LogP contribution in [0.3, 0.4) is 0 Å². The maximum Gasteiger partial charge on any atom is 0.320 e. The van der Waals surface area contributed by atoms with Crippen LogP contribution in [-0.2, 0) is 14.3 Å². The maximum absolute atomic E-state index is 11.2. The summed E-state index contributed by atoms with van der Waals surface area (Å²) < 4.78 is 10.8. The van der Waals surface area contributed by atoms with Crippen LogP contribution >= 0.6 is 0 Å². The van der Waals surface area contributed by atoms with Crippen molar-refractivity contribution in [2.24, 2.45) is 0 Å². The first-order valence-electron chi connectivity index (χ1n) is 6.90. The lowest BCUT2D eigenvalue weighted by atomic mass is 10.2. The highest BCUT2D eigenvalue weighted by Crippen LogP contribution is 2.21. The summed E-state index contributed by atoms with van der Waals surface area (Å²) in [6, 6.07) is -0.0202. The fraction of sp³-hybridized carbons (Fsp3) is 0.923. The summed E-state index contributed by atoms with van der Waals surface area (Å²) in [5.41, 5.74) is 0. The van der Waals surface area contributed by atoms with Crippen LogP contribution in [0.15, 0.2) is 0 Å². The molecule has 0 aromatic heterocycles. The molecule has 2 N–H and O–H groups in total. The van der Waals surface area contributed by atoms with Gasteiger partial charge < -0.3 is 19.9 Å². The SMILES string of the molecule is COC1CN(CCC(NC2CC2)C(=O)O)CC1OC. The van der Waals surface area contributed by atoms with E-state index in [1.165, 1.54) is 0 Å². The largest absolute Gasteiger partial charge is 0.480 e. The van der Waals surface area contributed by atoms with Crippen molar-refractivity contribution in [3.05, 3.63) is 0 Å². The smallest absolute Gasteiger partial charge is 0.320 e. The fourth-order valence-corrected chi connectivity index (χ4v) is 2.58. The van der Waals surface area contributed by atoms with Crippen LogP contribution in [0.2, 0.25) is 0 Å². The lowest BCUT2D eigenvalue weighted by molar-refractivity contribution is -0.139. The van der Waals surface area contributed by atoms with Gasteiger partial charge in [0.2, 0.25) is 0 Å². The minimum Gasteiger partial charge on any atom is -0.480 e. The van der Waals surface area contributed by atoms with E-state index in [1.807, 2.05) is 0 Å². The molecule has 1 aliphatic carbocycles. The Hall–Kier alpha value is -0.690. The Morgan fingerprint density at radius 3 is 2.32 bits per heavy atom. The molecule has 0 amide bonds. The molecule has 2 fully saturated rings. The van der Waals surface area contributed by atoms with Gasteiger partial charge in [0.15, 0.2) is 0 Å². The highest BCUT2D eigenvalue weighted by Gasteiger charge is 2.34. The molecule has 0 aromatic carbocycles. The quantitative estimate of drug-likeness (QED) is 0.644. The second-order valence-electron chi connectivity index (χ2n) is 5.43. The van der Waals surface area contributed by atoms with Gasteiger partial charge in [0.05, 0.1) is 12.2 Å². The highest BCUT2D eigenvalue weighted by molar-refractivity contribution is 5.73. The fourth-order valence-electron chi connectivity index (χ4n) is 2.58. The predicted molar refractivity (Wildman–Crippen MR) is 70.2 cm³/mol. The van der Waals surface area contributed by atoms with E-state index in [4.69, 9.17) is 9.47 Å². The van der Waals surface area contributed by atoms with Crippen molar-refractivity contribution in [1.82, 2.24) is 10.2 Å². The van der Waals surface area contributed by atoms with Gasteiger partial charge in [-0.05, 0) is 19.3 Å². The summed E-state index contributed by atoms with van der Waals surface area (Å²) in [4.78, 5) is 13.4. The zero-order valence-corrected chi connectivity index (χ0v) is 11.7. The first-order chi connectivity index (χ1) is 9.13. The van der Waals surface area contributed by atoms with Gasteiger partial charge in [-0.1, -0.05) is 0 Å². The molecule has 0 spiro atoms. The molecule has 3 atom stereocenters. The number of ether oxygens (including phenoxy) is 2. The summed E-state index contributed by atoms with van der Waals surface area (Å²) in [7, 11) is 3.38. The summed E-state index contributed by atoms with van der Waals surface area (Å²) in [5, 5.41) is 12.4. The summed E-state index contributed by atoms with van der Waals surface area (Å²) in [6.45, 7) is 2.38. The zero-order valence-electron chi connectivity index (χ0n) is 11.7. The van der Waals surface area contributed by atoms with Crippen molar-refractivity contribution in [1.29, 1.82) is 0 Å². The van der Waals surface area contributed by atoms with E-state index >= 15 is 0 Å². The van der Waals surface area contributed by atoms with E-state index in [0.717, 1.165) is 32.5 Å². The highest BCUT2D eigenvalue weighted by atomic mass is 16.5. The number of nitrogens with one attached hydrogen (secondary N) is 1. The number of carboxylic acids is 1. The number of likely N-dealkylation sites (tertiary alicyclic amines) is 1. The normalized spacial score (nSPS) is 29.6. The van der Waals surface area contributed by atoms with Crippen molar-refractivity contribution in [2.75, 3.05) is 33.9 Å². The van der Waals surface area contributed by atoms with Crippen molar-refractivity contribution >= 4 is 5.97 Å². The van der Waals surface area contributed by atoms with Crippen molar-refractivity contribution in [3.8, 4) is 0 Å². The van der Waals surface area contributed by atoms with Crippen LogP contribution in [0.4, 0.5) is 0 Å². The number of methoxy groups -OCH3 is 2.